The molecule has 1 heterocycles. The number of aromatic nitrogens is 2. The maximum Gasteiger partial charge on any atom is 0.303 e. The Bertz CT molecular complexity index is 431. The largest absolute Gasteiger partial charge is 0.481 e. The van der Waals surface area contributed by atoms with Crippen LogP contribution < -0.4 is 5.32 Å². The summed E-state index contributed by atoms with van der Waals surface area (Å²) in [6, 6.07) is 2.07. The Hall–Kier alpha value is -2.03. The Morgan fingerprint density at radius 3 is 2.94 bits per heavy atom. The number of nitriles is 1. The van der Waals surface area contributed by atoms with E-state index in [0.717, 1.165) is 0 Å². The third-order valence-electron chi connectivity index (χ3n) is 2.19. The maximum absolute atomic E-state index is 10.3. The summed E-state index contributed by atoms with van der Waals surface area (Å²) < 4.78 is 1.59. The number of hydrogen-bond acceptors (Lipinski definition) is 4. The van der Waals surface area contributed by atoms with Gasteiger partial charge < -0.3 is 10.4 Å². The summed E-state index contributed by atoms with van der Waals surface area (Å²) in [4.78, 5) is 10.3. The van der Waals surface area contributed by atoms with E-state index >= 15 is 0 Å². The van der Waals surface area contributed by atoms with Crippen LogP contribution in [0.1, 0.15) is 24.1 Å². The molecule has 6 heteroatoms. The molecule has 2 N–H and O–H groups in total. The number of hydrogen-bond donors (Lipinski definition) is 2. The van der Waals surface area contributed by atoms with Crippen LogP contribution in [0.15, 0.2) is 0 Å². The zero-order valence-corrected chi connectivity index (χ0v) is 9.32. The second kappa shape index (κ2) is 5.16. The van der Waals surface area contributed by atoms with Crippen molar-refractivity contribution in [3.05, 3.63) is 11.3 Å². The van der Waals surface area contributed by atoms with Crippen molar-refractivity contribution in [2.45, 2.75) is 19.8 Å². The summed E-state index contributed by atoms with van der Waals surface area (Å²) in [6.07, 6.45) is 0.635. The molecule has 1 aromatic heterocycles. The summed E-state index contributed by atoms with van der Waals surface area (Å²) in [5.74, 6) is -0.172. The van der Waals surface area contributed by atoms with Crippen LogP contribution >= 0.6 is 0 Å². The van der Waals surface area contributed by atoms with Crippen molar-refractivity contribution in [2.24, 2.45) is 7.05 Å². The first-order chi connectivity index (χ1) is 7.56. The molecule has 0 aliphatic heterocycles. The van der Waals surface area contributed by atoms with E-state index in [9.17, 15) is 4.79 Å². The fourth-order valence-corrected chi connectivity index (χ4v) is 1.44. The highest BCUT2D eigenvalue weighted by atomic mass is 16.4. The fraction of sp³-hybridized carbons (Fsp3) is 0.500. The second-order valence-electron chi connectivity index (χ2n) is 3.47. The topological polar surface area (TPSA) is 90.9 Å². The quantitative estimate of drug-likeness (QED) is 0.721. The van der Waals surface area contributed by atoms with Gasteiger partial charge >= 0.3 is 5.97 Å². The summed E-state index contributed by atoms with van der Waals surface area (Å²) >= 11 is 0. The van der Waals surface area contributed by atoms with Crippen LogP contribution in [-0.4, -0.2) is 27.4 Å². The minimum absolute atomic E-state index is 0.117. The van der Waals surface area contributed by atoms with Crippen molar-refractivity contribution in [3.8, 4) is 6.07 Å². The summed E-state index contributed by atoms with van der Waals surface area (Å²) in [7, 11) is 1.74. The smallest absolute Gasteiger partial charge is 0.303 e. The van der Waals surface area contributed by atoms with Crippen LogP contribution in [0.2, 0.25) is 0 Å². The molecule has 0 spiro atoms. The van der Waals surface area contributed by atoms with E-state index < -0.39 is 5.97 Å². The maximum atomic E-state index is 10.3. The molecule has 16 heavy (non-hydrogen) atoms. The molecule has 0 bridgehead atoms. The highest BCUT2D eigenvalue weighted by Crippen LogP contribution is 2.17. The van der Waals surface area contributed by atoms with Gasteiger partial charge in [-0.2, -0.15) is 10.4 Å². The molecule has 0 aromatic carbocycles. The average Bonchev–Trinajstić information content (AvgIpc) is 2.47. The fourth-order valence-electron chi connectivity index (χ4n) is 1.44. The molecule has 0 amide bonds. The lowest BCUT2D eigenvalue weighted by molar-refractivity contribution is -0.137. The van der Waals surface area contributed by atoms with Crippen molar-refractivity contribution >= 4 is 11.8 Å². The number of nitrogens with zero attached hydrogens (tertiary/aromatic N) is 3. The lowest BCUT2D eigenvalue weighted by atomic mass is 10.2. The number of carboxylic acids is 1. The Balaban J connectivity index is 2.60. The number of rotatable bonds is 5. The van der Waals surface area contributed by atoms with Crippen LogP contribution in [0.3, 0.4) is 0 Å². The highest BCUT2D eigenvalue weighted by molar-refractivity contribution is 5.66. The number of nitrogens with one attached hydrogen (secondary N) is 1. The van der Waals surface area contributed by atoms with Gasteiger partial charge in [0, 0.05) is 20.0 Å². The van der Waals surface area contributed by atoms with E-state index in [-0.39, 0.29) is 6.42 Å². The summed E-state index contributed by atoms with van der Waals surface area (Å²) in [5.41, 5.74) is 1.18. The van der Waals surface area contributed by atoms with Crippen molar-refractivity contribution in [2.75, 3.05) is 11.9 Å². The van der Waals surface area contributed by atoms with E-state index in [4.69, 9.17) is 10.4 Å². The molecular formula is C10H14N4O2. The van der Waals surface area contributed by atoms with Crippen molar-refractivity contribution in [1.82, 2.24) is 9.78 Å². The van der Waals surface area contributed by atoms with Gasteiger partial charge in [-0.25, -0.2) is 0 Å². The Morgan fingerprint density at radius 2 is 2.38 bits per heavy atom. The van der Waals surface area contributed by atoms with Gasteiger partial charge in [0.1, 0.15) is 17.5 Å². The van der Waals surface area contributed by atoms with Crippen LogP contribution in [0.5, 0.6) is 0 Å². The molecule has 0 atom stereocenters. The minimum Gasteiger partial charge on any atom is -0.481 e. The molecular weight excluding hydrogens is 208 g/mol. The number of carbonyl (C=O) groups is 1. The van der Waals surface area contributed by atoms with Crippen LogP contribution in [-0.2, 0) is 11.8 Å². The van der Waals surface area contributed by atoms with Crippen molar-refractivity contribution in [1.29, 1.82) is 5.26 Å². The monoisotopic (exact) mass is 222 g/mol. The number of aryl methyl sites for hydroxylation is 2. The van der Waals surface area contributed by atoms with E-state index in [0.29, 0.717) is 30.0 Å². The number of anilines is 1. The van der Waals surface area contributed by atoms with Gasteiger partial charge in [0.05, 0.1) is 5.69 Å². The van der Waals surface area contributed by atoms with E-state index in [1.807, 2.05) is 0 Å². The summed E-state index contributed by atoms with van der Waals surface area (Å²) in [6.45, 7) is 2.28. The zero-order chi connectivity index (χ0) is 12.1. The van der Waals surface area contributed by atoms with Gasteiger partial charge in [0.15, 0.2) is 0 Å². The van der Waals surface area contributed by atoms with Gasteiger partial charge in [-0.15, -0.1) is 0 Å². The van der Waals surface area contributed by atoms with E-state index in [1.54, 1.807) is 18.7 Å². The predicted molar refractivity (Wildman–Crippen MR) is 58.0 cm³/mol. The first kappa shape index (κ1) is 12.0. The molecule has 0 radical (unpaired) electrons. The second-order valence-corrected chi connectivity index (χ2v) is 3.47. The SMILES string of the molecule is Cc1nn(C)c(NCCCC(=O)O)c1C#N. The molecule has 1 rings (SSSR count). The lowest BCUT2D eigenvalue weighted by Gasteiger charge is -2.05. The van der Waals surface area contributed by atoms with Crippen molar-refractivity contribution in [3.63, 3.8) is 0 Å². The molecule has 0 aliphatic carbocycles. The van der Waals surface area contributed by atoms with Crippen molar-refractivity contribution < 1.29 is 9.90 Å². The Labute approximate surface area is 93.5 Å². The van der Waals surface area contributed by atoms with Gasteiger partial charge in [-0.3, -0.25) is 9.48 Å². The molecule has 0 fully saturated rings. The Morgan fingerprint density at radius 1 is 1.69 bits per heavy atom. The third-order valence-corrected chi connectivity index (χ3v) is 2.19. The molecule has 0 aliphatic rings. The third kappa shape index (κ3) is 2.73. The molecule has 0 unspecified atom stereocenters. The minimum atomic E-state index is -0.816. The normalized spacial score (nSPS) is 9.81. The molecule has 0 saturated carbocycles. The predicted octanol–water partition coefficient (Wildman–Crippen LogP) is 0.877. The van der Waals surface area contributed by atoms with Gasteiger partial charge in [-0.1, -0.05) is 0 Å². The van der Waals surface area contributed by atoms with Crippen LogP contribution in [0, 0.1) is 18.3 Å². The lowest BCUT2D eigenvalue weighted by Crippen LogP contribution is -2.09. The number of aliphatic carboxylic acids is 1. The first-order valence-electron chi connectivity index (χ1n) is 4.95. The molecule has 6 nitrogen and oxygen atoms in total. The van der Waals surface area contributed by atoms with E-state index in [1.165, 1.54) is 0 Å². The van der Waals surface area contributed by atoms with Crippen LogP contribution in [0.4, 0.5) is 5.82 Å². The zero-order valence-electron chi connectivity index (χ0n) is 9.32. The average molecular weight is 222 g/mol. The van der Waals surface area contributed by atoms with Crippen LogP contribution in [0.25, 0.3) is 0 Å². The number of carboxylic acid groups (broad SMARTS) is 1. The molecule has 1 aromatic rings. The van der Waals surface area contributed by atoms with Gasteiger partial charge in [-0.05, 0) is 13.3 Å². The highest BCUT2D eigenvalue weighted by Gasteiger charge is 2.11. The summed E-state index contributed by atoms with van der Waals surface area (Å²) in [5, 5.41) is 24.5. The van der Waals surface area contributed by atoms with Gasteiger partial charge in [0.2, 0.25) is 0 Å². The molecule has 0 saturated heterocycles. The van der Waals surface area contributed by atoms with E-state index in [2.05, 4.69) is 16.5 Å². The first-order valence-corrected chi connectivity index (χ1v) is 4.95. The molecule has 86 valence electrons. The van der Waals surface area contributed by atoms with Gasteiger partial charge in [0.25, 0.3) is 0 Å². The Kier molecular flexibility index (Phi) is 3.89. The standard InChI is InChI=1S/C10H14N4O2/c1-7-8(6-11)10(14(2)13-7)12-5-3-4-9(15)16/h12H,3-5H2,1-2H3,(H,15,16).